The maximum Gasteiger partial charge on any atom is 0.274 e. The molecule has 0 aliphatic rings. The molecule has 0 fully saturated rings. The first kappa shape index (κ1) is 12.8. The van der Waals surface area contributed by atoms with E-state index in [1.807, 2.05) is 25.1 Å². The standard InChI is InChI=1S/C12H9Cl2N3O/c1-7-4-2-3-5-8(7)15-11(18)9-6-10(13)17-12(14)16-9/h2-6H,1H3,(H,15,18). The zero-order valence-electron chi connectivity index (χ0n) is 9.45. The van der Waals surface area contributed by atoms with Crippen LogP contribution in [0.5, 0.6) is 0 Å². The van der Waals surface area contributed by atoms with Crippen LogP contribution < -0.4 is 5.32 Å². The van der Waals surface area contributed by atoms with Gasteiger partial charge in [-0.1, -0.05) is 29.8 Å². The zero-order chi connectivity index (χ0) is 13.1. The Kier molecular flexibility index (Phi) is 3.79. The van der Waals surface area contributed by atoms with Crippen LogP contribution in [0.15, 0.2) is 30.3 Å². The highest BCUT2D eigenvalue weighted by molar-refractivity contribution is 6.32. The number of aromatic nitrogens is 2. The highest BCUT2D eigenvalue weighted by Crippen LogP contribution is 2.16. The van der Waals surface area contributed by atoms with Gasteiger partial charge in [0.15, 0.2) is 0 Å². The topological polar surface area (TPSA) is 54.9 Å². The number of hydrogen-bond acceptors (Lipinski definition) is 3. The number of aryl methyl sites for hydroxylation is 1. The molecule has 0 aliphatic carbocycles. The van der Waals surface area contributed by atoms with E-state index in [4.69, 9.17) is 23.2 Å². The quantitative estimate of drug-likeness (QED) is 0.679. The van der Waals surface area contributed by atoms with E-state index in [9.17, 15) is 4.79 Å². The molecule has 92 valence electrons. The minimum atomic E-state index is -0.379. The monoisotopic (exact) mass is 281 g/mol. The van der Waals surface area contributed by atoms with E-state index < -0.39 is 0 Å². The summed E-state index contributed by atoms with van der Waals surface area (Å²) < 4.78 is 0. The zero-order valence-corrected chi connectivity index (χ0v) is 11.0. The molecule has 1 amide bonds. The molecule has 0 saturated carbocycles. The summed E-state index contributed by atoms with van der Waals surface area (Å²) in [6.45, 7) is 1.90. The molecule has 1 aromatic heterocycles. The number of para-hydroxylation sites is 1. The Bertz CT molecular complexity index is 581. The molecule has 6 heteroatoms. The van der Waals surface area contributed by atoms with Gasteiger partial charge in [-0.05, 0) is 30.2 Å². The van der Waals surface area contributed by atoms with Gasteiger partial charge in [0, 0.05) is 11.8 Å². The summed E-state index contributed by atoms with van der Waals surface area (Å²) in [5.41, 5.74) is 1.80. The van der Waals surface area contributed by atoms with Gasteiger partial charge in [-0.2, -0.15) is 0 Å². The lowest BCUT2D eigenvalue weighted by Gasteiger charge is -2.07. The fourth-order valence-corrected chi connectivity index (χ4v) is 1.81. The van der Waals surface area contributed by atoms with Crippen molar-refractivity contribution in [2.24, 2.45) is 0 Å². The molecule has 0 atom stereocenters. The molecule has 2 aromatic rings. The number of nitrogens with zero attached hydrogens (tertiary/aromatic N) is 2. The first-order valence-electron chi connectivity index (χ1n) is 5.13. The predicted octanol–water partition coefficient (Wildman–Crippen LogP) is 3.34. The third-order valence-corrected chi connectivity index (χ3v) is 2.66. The third-order valence-electron chi connectivity index (χ3n) is 2.29. The molecule has 0 saturated heterocycles. The van der Waals surface area contributed by atoms with Crippen molar-refractivity contribution < 1.29 is 4.79 Å². The number of anilines is 1. The molecule has 18 heavy (non-hydrogen) atoms. The van der Waals surface area contributed by atoms with Crippen molar-refractivity contribution in [3.63, 3.8) is 0 Å². The second-order valence-corrected chi connectivity index (χ2v) is 4.34. The summed E-state index contributed by atoms with van der Waals surface area (Å²) in [5.74, 6) is -0.379. The van der Waals surface area contributed by atoms with Crippen molar-refractivity contribution in [1.29, 1.82) is 0 Å². The number of halogens is 2. The normalized spacial score (nSPS) is 10.2. The van der Waals surface area contributed by atoms with Crippen LogP contribution in [0.4, 0.5) is 5.69 Å². The molecular formula is C12H9Cl2N3O. The van der Waals surface area contributed by atoms with Crippen LogP contribution in [-0.4, -0.2) is 15.9 Å². The van der Waals surface area contributed by atoms with Gasteiger partial charge in [0.05, 0.1) is 0 Å². The number of nitrogens with one attached hydrogen (secondary N) is 1. The third kappa shape index (κ3) is 2.97. The second-order valence-electron chi connectivity index (χ2n) is 3.61. The maximum atomic E-state index is 12.0. The maximum absolute atomic E-state index is 12.0. The number of carbonyl (C=O) groups is 1. The van der Waals surface area contributed by atoms with E-state index in [0.29, 0.717) is 5.69 Å². The predicted molar refractivity (Wildman–Crippen MR) is 71.2 cm³/mol. The van der Waals surface area contributed by atoms with Crippen LogP contribution in [0.1, 0.15) is 16.1 Å². The molecular weight excluding hydrogens is 273 g/mol. The molecule has 4 nitrogen and oxygen atoms in total. The molecule has 0 bridgehead atoms. The minimum absolute atomic E-state index is 0.0579. The summed E-state index contributed by atoms with van der Waals surface area (Å²) in [4.78, 5) is 19.5. The average Bonchev–Trinajstić information content (AvgIpc) is 2.31. The second kappa shape index (κ2) is 5.33. The number of hydrogen-bond donors (Lipinski definition) is 1. The van der Waals surface area contributed by atoms with Crippen molar-refractivity contribution in [3.8, 4) is 0 Å². The average molecular weight is 282 g/mol. The highest BCUT2D eigenvalue weighted by Gasteiger charge is 2.11. The van der Waals surface area contributed by atoms with Crippen molar-refractivity contribution in [2.45, 2.75) is 6.92 Å². The highest BCUT2D eigenvalue weighted by atomic mass is 35.5. The van der Waals surface area contributed by atoms with E-state index >= 15 is 0 Å². The molecule has 2 rings (SSSR count). The minimum Gasteiger partial charge on any atom is -0.320 e. The number of benzene rings is 1. The van der Waals surface area contributed by atoms with Crippen LogP contribution in [-0.2, 0) is 0 Å². The van der Waals surface area contributed by atoms with Crippen molar-refractivity contribution in [3.05, 3.63) is 52.0 Å². The Labute approximate surface area is 114 Å². The van der Waals surface area contributed by atoms with Gasteiger partial charge in [0.1, 0.15) is 10.8 Å². The van der Waals surface area contributed by atoms with Gasteiger partial charge in [-0.25, -0.2) is 9.97 Å². The van der Waals surface area contributed by atoms with Crippen LogP contribution >= 0.6 is 23.2 Å². The fraction of sp³-hybridized carbons (Fsp3) is 0.0833. The molecule has 1 aromatic carbocycles. The van der Waals surface area contributed by atoms with Crippen LogP contribution in [0, 0.1) is 6.92 Å². The summed E-state index contributed by atoms with van der Waals surface area (Å²) in [6, 6.07) is 8.79. The lowest BCUT2D eigenvalue weighted by Crippen LogP contribution is -2.14. The Balaban J connectivity index is 2.25. The van der Waals surface area contributed by atoms with Crippen molar-refractivity contribution in [1.82, 2.24) is 9.97 Å². The molecule has 0 aliphatic heterocycles. The molecule has 0 spiro atoms. The number of rotatable bonds is 2. The van der Waals surface area contributed by atoms with Gasteiger partial charge >= 0.3 is 0 Å². The van der Waals surface area contributed by atoms with E-state index in [0.717, 1.165) is 5.56 Å². The Morgan fingerprint density at radius 2 is 1.94 bits per heavy atom. The Hall–Kier alpha value is -1.65. The number of carbonyl (C=O) groups excluding carboxylic acids is 1. The van der Waals surface area contributed by atoms with E-state index in [1.54, 1.807) is 6.07 Å². The molecule has 1 heterocycles. The lowest BCUT2D eigenvalue weighted by molar-refractivity contribution is 0.102. The summed E-state index contributed by atoms with van der Waals surface area (Å²) >= 11 is 11.4. The first-order chi connectivity index (χ1) is 8.56. The fourth-order valence-electron chi connectivity index (χ4n) is 1.41. The van der Waals surface area contributed by atoms with Gasteiger partial charge in [-0.3, -0.25) is 4.79 Å². The first-order valence-corrected chi connectivity index (χ1v) is 5.89. The summed E-state index contributed by atoms with van der Waals surface area (Å²) in [6.07, 6.45) is 0. The molecule has 0 unspecified atom stereocenters. The van der Waals surface area contributed by atoms with Gasteiger partial charge < -0.3 is 5.32 Å². The van der Waals surface area contributed by atoms with E-state index in [2.05, 4.69) is 15.3 Å². The van der Waals surface area contributed by atoms with Gasteiger partial charge in [-0.15, -0.1) is 0 Å². The number of amides is 1. The van der Waals surface area contributed by atoms with Crippen LogP contribution in [0.2, 0.25) is 10.4 Å². The van der Waals surface area contributed by atoms with Crippen molar-refractivity contribution >= 4 is 34.8 Å². The van der Waals surface area contributed by atoms with Gasteiger partial charge in [0.25, 0.3) is 5.91 Å². The SMILES string of the molecule is Cc1ccccc1NC(=O)c1cc(Cl)nc(Cl)n1. The van der Waals surface area contributed by atoms with E-state index in [-0.39, 0.29) is 22.0 Å². The summed E-state index contributed by atoms with van der Waals surface area (Å²) in [7, 11) is 0. The van der Waals surface area contributed by atoms with Crippen LogP contribution in [0.3, 0.4) is 0 Å². The molecule has 1 N–H and O–H groups in total. The largest absolute Gasteiger partial charge is 0.320 e. The van der Waals surface area contributed by atoms with Gasteiger partial charge in [0.2, 0.25) is 5.28 Å². The molecule has 0 radical (unpaired) electrons. The van der Waals surface area contributed by atoms with Crippen molar-refractivity contribution in [2.75, 3.05) is 5.32 Å². The van der Waals surface area contributed by atoms with E-state index in [1.165, 1.54) is 6.07 Å². The summed E-state index contributed by atoms with van der Waals surface area (Å²) in [5, 5.41) is 2.81. The lowest BCUT2D eigenvalue weighted by atomic mass is 10.2. The Morgan fingerprint density at radius 1 is 1.22 bits per heavy atom. The van der Waals surface area contributed by atoms with Crippen LogP contribution in [0.25, 0.3) is 0 Å². The smallest absolute Gasteiger partial charge is 0.274 e. The Morgan fingerprint density at radius 3 is 2.61 bits per heavy atom.